The van der Waals surface area contributed by atoms with Crippen molar-refractivity contribution in [1.82, 2.24) is 20.4 Å². The molecular formula is C23H36N4O4. The van der Waals surface area contributed by atoms with E-state index in [9.17, 15) is 19.5 Å². The minimum Gasteiger partial charge on any atom is -0.393 e. The number of nitrogens with one attached hydrogen (secondary N) is 2. The average Bonchev–Trinajstić information content (AvgIpc) is 3.18. The maximum absolute atomic E-state index is 13.4. The van der Waals surface area contributed by atoms with Gasteiger partial charge in [-0.25, -0.2) is 4.79 Å². The van der Waals surface area contributed by atoms with E-state index in [4.69, 9.17) is 0 Å². The molecule has 6 fully saturated rings. The number of hydrogen-bond donors (Lipinski definition) is 3. The summed E-state index contributed by atoms with van der Waals surface area (Å²) in [6, 6.07) is 0.0507. The van der Waals surface area contributed by atoms with E-state index in [-0.39, 0.29) is 53.3 Å². The van der Waals surface area contributed by atoms with E-state index < -0.39 is 0 Å². The largest absolute Gasteiger partial charge is 0.393 e. The summed E-state index contributed by atoms with van der Waals surface area (Å²) >= 11 is 0. The summed E-state index contributed by atoms with van der Waals surface area (Å²) in [6.07, 6.45) is 7.12. The van der Waals surface area contributed by atoms with Crippen molar-refractivity contribution in [2.75, 3.05) is 26.2 Å². The average molecular weight is 433 g/mol. The fourth-order valence-electron chi connectivity index (χ4n) is 7.42. The van der Waals surface area contributed by atoms with E-state index in [1.54, 1.807) is 0 Å². The van der Waals surface area contributed by atoms with Crippen LogP contribution in [-0.2, 0) is 9.59 Å². The summed E-state index contributed by atoms with van der Waals surface area (Å²) in [7, 11) is 0. The van der Waals surface area contributed by atoms with Crippen molar-refractivity contribution in [2.24, 2.45) is 23.2 Å². The molecule has 8 heteroatoms. The number of hydrogen-bond acceptors (Lipinski definition) is 4. The van der Waals surface area contributed by atoms with Gasteiger partial charge in [-0.3, -0.25) is 9.59 Å². The highest BCUT2D eigenvalue weighted by Gasteiger charge is 2.58. The van der Waals surface area contributed by atoms with Crippen molar-refractivity contribution in [3.8, 4) is 0 Å². The van der Waals surface area contributed by atoms with E-state index in [1.165, 1.54) is 6.92 Å². The van der Waals surface area contributed by atoms with Gasteiger partial charge >= 0.3 is 6.03 Å². The molecule has 0 spiro atoms. The van der Waals surface area contributed by atoms with Crippen LogP contribution in [0.15, 0.2) is 0 Å². The summed E-state index contributed by atoms with van der Waals surface area (Å²) in [4.78, 5) is 41.4. The molecular weight excluding hydrogens is 396 g/mol. The highest BCUT2D eigenvalue weighted by molar-refractivity contribution is 5.83. The lowest BCUT2D eigenvalue weighted by Gasteiger charge is -2.58. The van der Waals surface area contributed by atoms with Crippen LogP contribution in [0.1, 0.15) is 58.3 Å². The van der Waals surface area contributed by atoms with E-state index in [2.05, 4.69) is 10.6 Å². The number of carbonyl (C=O) groups is 3. The molecule has 4 bridgehead atoms. The fourth-order valence-corrected chi connectivity index (χ4v) is 7.42. The first-order chi connectivity index (χ1) is 14.8. The zero-order valence-corrected chi connectivity index (χ0v) is 18.5. The van der Waals surface area contributed by atoms with Gasteiger partial charge in [-0.05, 0) is 69.1 Å². The molecule has 4 saturated carbocycles. The summed E-state index contributed by atoms with van der Waals surface area (Å²) in [5, 5.41) is 16.7. The topological polar surface area (TPSA) is 102 Å². The number of rotatable bonds is 3. The fraction of sp³-hybridized carbons (Fsp3) is 0.870. The summed E-state index contributed by atoms with van der Waals surface area (Å²) in [5.74, 6) is 1.26. The monoisotopic (exact) mass is 432 g/mol. The van der Waals surface area contributed by atoms with Crippen LogP contribution >= 0.6 is 0 Å². The third-order valence-corrected chi connectivity index (χ3v) is 8.60. The molecule has 0 aromatic rings. The maximum atomic E-state index is 13.4. The zero-order chi connectivity index (χ0) is 21.8. The molecule has 4 atom stereocenters. The smallest absolute Gasteiger partial charge is 0.320 e. The van der Waals surface area contributed by atoms with Gasteiger partial charge in [0.15, 0.2) is 0 Å². The van der Waals surface area contributed by atoms with Crippen LogP contribution in [0.25, 0.3) is 0 Å². The van der Waals surface area contributed by atoms with Gasteiger partial charge in [0, 0.05) is 45.2 Å². The van der Waals surface area contributed by atoms with E-state index >= 15 is 0 Å². The Hall–Kier alpha value is -1.83. The summed E-state index contributed by atoms with van der Waals surface area (Å²) in [6.45, 7) is 4.00. The molecule has 3 N–H and O–H groups in total. The van der Waals surface area contributed by atoms with Crippen molar-refractivity contribution >= 4 is 17.8 Å². The lowest BCUT2D eigenvalue weighted by Crippen LogP contribution is -2.61. The molecule has 4 aliphatic carbocycles. The first-order valence-electron chi connectivity index (χ1n) is 12.1. The second kappa shape index (κ2) is 7.94. The molecule has 0 aromatic heterocycles. The predicted molar refractivity (Wildman–Crippen MR) is 114 cm³/mol. The molecule has 0 radical (unpaired) electrons. The molecule has 2 heterocycles. The number of aliphatic hydroxyl groups is 1. The Morgan fingerprint density at radius 1 is 0.903 bits per heavy atom. The number of urea groups is 1. The first-order valence-corrected chi connectivity index (χ1v) is 12.1. The van der Waals surface area contributed by atoms with E-state index in [0.29, 0.717) is 25.6 Å². The van der Waals surface area contributed by atoms with Gasteiger partial charge in [0.05, 0.1) is 11.5 Å². The summed E-state index contributed by atoms with van der Waals surface area (Å²) in [5.41, 5.74) is -0.303. The number of carbonyl (C=O) groups excluding carboxylic acids is 3. The van der Waals surface area contributed by atoms with Gasteiger partial charge in [-0.15, -0.1) is 0 Å². The maximum Gasteiger partial charge on any atom is 0.320 e. The molecule has 172 valence electrons. The minimum atomic E-state index is -0.303. The van der Waals surface area contributed by atoms with Crippen molar-refractivity contribution in [2.45, 2.75) is 76.5 Å². The highest BCUT2D eigenvalue weighted by atomic mass is 16.3. The Bertz CT molecular complexity index is 742. The predicted octanol–water partition coefficient (Wildman–Crippen LogP) is 1.08. The lowest BCUT2D eigenvalue weighted by atomic mass is 9.48. The van der Waals surface area contributed by atoms with Crippen molar-refractivity contribution < 1.29 is 19.5 Å². The van der Waals surface area contributed by atoms with Crippen molar-refractivity contribution in [1.29, 1.82) is 0 Å². The highest BCUT2D eigenvalue weighted by Crippen LogP contribution is 2.60. The number of likely N-dealkylation sites (tertiary alicyclic amines) is 2. The van der Waals surface area contributed by atoms with Gasteiger partial charge < -0.3 is 25.5 Å². The van der Waals surface area contributed by atoms with Crippen LogP contribution in [0, 0.1) is 23.2 Å². The number of nitrogens with zero attached hydrogens (tertiary/aromatic N) is 2. The van der Waals surface area contributed by atoms with Crippen LogP contribution in [0.2, 0.25) is 0 Å². The Morgan fingerprint density at radius 2 is 1.55 bits per heavy atom. The molecule has 2 saturated heterocycles. The minimum absolute atomic E-state index is 0.00290. The van der Waals surface area contributed by atoms with Crippen LogP contribution in [-0.4, -0.2) is 77.1 Å². The Labute approximate surface area is 184 Å². The zero-order valence-electron chi connectivity index (χ0n) is 18.5. The molecule has 31 heavy (non-hydrogen) atoms. The normalized spacial score (nSPS) is 41.4. The summed E-state index contributed by atoms with van der Waals surface area (Å²) < 4.78 is 0. The van der Waals surface area contributed by atoms with Gasteiger partial charge in [0.1, 0.15) is 0 Å². The molecule has 2 unspecified atom stereocenters. The van der Waals surface area contributed by atoms with Crippen LogP contribution < -0.4 is 10.6 Å². The molecule has 6 aliphatic rings. The molecule has 6 rings (SSSR count). The first kappa shape index (κ1) is 21.0. The molecule has 8 nitrogen and oxygen atoms in total. The number of piperidine rings is 1. The van der Waals surface area contributed by atoms with Crippen LogP contribution in [0.3, 0.4) is 0 Å². The van der Waals surface area contributed by atoms with Crippen molar-refractivity contribution in [3.63, 3.8) is 0 Å². The molecule has 0 aromatic carbocycles. The molecule has 4 amide bonds. The Balaban J connectivity index is 1.17. The van der Waals surface area contributed by atoms with Crippen LogP contribution in [0.4, 0.5) is 4.79 Å². The molecule has 2 aliphatic heterocycles. The Kier molecular flexibility index (Phi) is 5.39. The number of amides is 4. The third kappa shape index (κ3) is 3.92. The van der Waals surface area contributed by atoms with Crippen LogP contribution in [0.5, 0.6) is 0 Å². The van der Waals surface area contributed by atoms with E-state index in [1.807, 2.05) is 9.80 Å². The number of aliphatic hydroxyl groups excluding tert-OH is 1. The van der Waals surface area contributed by atoms with E-state index in [0.717, 1.165) is 57.9 Å². The van der Waals surface area contributed by atoms with Gasteiger partial charge in [0.2, 0.25) is 11.8 Å². The second-order valence-corrected chi connectivity index (χ2v) is 10.9. The van der Waals surface area contributed by atoms with Gasteiger partial charge in [0.25, 0.3) is 0 Å². The lowest BCUT2D eigenvalue weighted by molar-refractivity contribution is -0.164. The third-order valence-electron chi connectivity index (χ3n) is 8.60. The van der Waals surface area contributed by atoms with Gasteiger partial charge in [-0.1, -0.05) is 0 Å². The Morgan fingerprint density at radius 3 is 2.23 bits per heavy atom. The quantitative estimate of drug-likeness (QED) is 0.621. The second-order valence-electron chi connectivity index (χ2n) is 10.9. The van der Waals surface area contributed by atoms with Gasteiger partial charge in [-0.2, -0.15) is 0 Å². The van der Waals surface area contributed by atoms with Crippen molar-refractivity contribution in [3.05, 3.63) is 0 Å². The SMILES string of the molecule is CC(=O)N[C@@H]1CCN(C(=O)N2CCC[C@H](NC(=O)C34CC5CC(C3)C(O)C(C5)C4)C2)C1. The standard InChI is InChI=1S/C23H36N4O4/c1-14(28)24-19-4-6-27(13-19)22(31)26-5-2-3-18(12-26)25-21(30)23-9-15-7-16(10-23)20(29)17(8-15)11-23/h15-20,29H,2-13H2,1H3,(H,24,28)(H,25,30)/t15?,16?,17?,18-,19+,20?,23?/m0/s1.